The Balaban J connectivity index is 2.64. The summed E-state index contributed by atoms with van der Waals surface area (Å²) in [7, 11) is 6.34. The van der Waals surface area contributed by atoms with Crippen molar-refractivity contribution in [2.24, 2.45) is 0 Å². The van der Waals surface area contributed by atoms with Crippen molar-refractivity contribution in [2.75, 3.05) is 28.4 Å². The Bertz CT molecular complexity index is 768. The molecule has 0 bridgehead atoms. The van der Waals surface area contributed by atoms with Crippen LogP contribution in [-0.4, -0.2) is 28.4 Å². The van der Waals surface area contributed by atoms with Crippen LogP contribution < -0.4 is 18.9 Å². The molecule has 5 heteroatoms. The maximum atomic E-state index is 9.22. The van der Waals surface area contributed by atoms with Crippen LogP contribution in [0.2, 0.25) is 0 Å². The minimum Gasteiger partial charge on any atom is -0.497 e. The van der Waals surface area contributed by atoms with E-state index in [1.165, 1.54) is 6.08 Å². The number of nitriles is 1. The molecule has 124 valence electrons. The van der Waals surface area contributed by atoms with Crippen LogP contribution in [0.4, 0.5) is 0 Å². The van der Waals surface area contributed by atoms with Gasteiger partial charge in [-0.15, -0.1) is 0 Å². The van der Waals surface area contributed by atoms with Crippen molar-refractivity contribution in [3.05, 3.63) is 53.6 Å². The summed E-state index contributed by atoms with van der Waals surface area (Å²) in [6, 6.07) is 13.0. The van der Waals surface area contributed by atoms with Gasteiger partial charge < -0.3 is 18.9 Å². The van der Waals surface area contributed by atoms with Crippen LogP contribution in [0.15, 0.2) is 42.5 Å². The Hall–Kier alpha value is -3.13. The molecule has 0 aliphatic rings. The summed E-state index contributed by atoms with van der Waals surface area (Å²) < 4.78 is 21.3. The Labute approximate surface area is 141 Å². The first-order chi connectivity index (χ1) is 11.7. The van der Waals surface area contributed by atoms with Crippen molar-refractivity contribution in [2.45, 2.75) is 0 Å². The van der Waals surface area contributed by atoms with Gasteiger partial charge in [-0.2, -0.15) is 5.26 Å². The number of methoxy groups -OCH3 is 4. The highest BCUT2D eigenvalue weighted by atomic mass is 16.5. The number of rotatable bonds is 6. The van der Waals surface area contributed by atoms with Crippen molar-refractivity contribution in [3.63, 3.8) is 0 Å². The second-order valence-electron chi connectivity index (χ2n) is 4.85. The number of allylic oxidation sites excluding steroid dienone is 1. The van der Waals surface area contributed by atoms with Gasteiger partial charge in [-0.25, -0.2) is 0 Å². The predicted octanol–water partition coefficient (Wildman–Crippen LogP) is 3.68. The lowest BCUT2D eigenvalue weighted by molar-refractivity contribution is 0.392. The fourth-order valence-electron chi connectivity index (χ4n) is 2.37. The predicted molar refractivity (Wildman–Crippen MR) is 91.8 cm³/mol. The zero-order chi connectivity index (χ0) is 17.5. The molecular formula is C19H19NO4. The molecule has 0 radical (unpaired) electrons. The zero-order valence-electron chi connectivity index (χ0n) is 14.1. The van der Waals surface area contributed by atoms with Crippen LogP contribution in [0.1, 0.15) is 11.1 Å². The summed E-state index contributed by atoms with van der Waals surface area (Å²) in [4.78, 5) is 0. The highest BCUT2D eigenvalue weighted by Gasteiger charge is 2.14. The van der Waals surface area contributed by atoms with Crippen LogP contribution in [0.5, 0.6) is 23.0 Å². The van der Waals surface area contributed by atoms with Gasteiger partial charge in [0.25, 0.3) is 0 Å². The molecule has 2 aromatic carbocycles. The van der Waals surface area contributed by atoms with E-state index in [-0.39, 0.29) is 0 Å². The molecule has 2 rings (SSSR count). The fraction of sp³-hybridized carbons (Fsp3) is 0.211. The molecule has 0 saturated carbocycles. The van der Waals surface area contributed by atoms with Gasteiger partial charge in [-0.3, -0.25) is 0 Å². The molecule has 0 aliphatic heterocycles. The average molecular weight is 325 g/mol. The van der Waals surface area contributed by atoms with Gasteiger partial charge in [0.15, 0.2) is 0 Å². The molecule has 0 saturated heterocycles. The smallest absolute Gasteiger partial charge is 0.130 e. The molecule has 24 heavy (non-hydrogen) atoms. The quantitative estimate of drug-likeness (QED) is 0.758. The lowest BCUT2D eigenvalue weighted by Gasteiger charge is -2.15. The third-order valence-electron chi connectivity index (χ3n) is 3.57. The van der Waals surface area contributed by atoms with E-state index in [2.05, 4.69) is 6.07 Å². The highest BCUT2D eigenvalue weighted by molar-refractivity contribution is 5.85. The van der Waals surface area contributed by atoms with Gasteiger partial charge in [0.1, 0.15) is 23.0 Å². The monoisotopic (exact) mass is 325 g/mol. The topological polar surface area (TPSA) is 60.7 Å². The first-order valence-corrected chi connectivity index (χ1v) is 7.22. The van der Waals surface area contributed by atoms with E-state index < -0.39 is 0 Å². The summed E-state index contributed by atoms with van der Waals surface area (Å²) in [5.41, 5.74) is 2.26. The van der Waals surface area contributed by atoms with Crippen LogP contribution >= 0.6 is 0 Å². The number of benzene rings is 2. The van der Waals surface area contributed by atoms with Gasteiger partial charge in [-0.05, 0) is 29.8 Å². The molecular weight excluding hydrogens is 306 g/mol. The Morgan fingerprint density at radius 1 is 0.833 bits per heavy atom. The standard InChI is InChI=1S/C19H19NO4/c1-21-14-5-6-18(19(12-14)24-4)17(7-8-20)13-9-15(22-2)11-16(10-13)23-3/h5-7,9-12H,1-4H3/b17-7-. The summed E-state index contributed by atoms with van der Waals surface area (Å²) in [6.07, 6.45) is 1.47. The molecule has 0 aromatic heterocycles. The molecule has 2 aromatic rings. The third kappa shape index (κ3) is 3.61. The second-order valence-corrected chi connectivity index (χ2v) is 4.85. The van der Waals surface area contributed by atoms with Gasteiger partial charge in [0, 0.05) is 29.3 Å². The normalized spacial score (nSPS) is 10.7. The van der Waals surface area contributed by atoms with Gasteiger partial charge in [0.2, 0.25) is 0 Å². The van der Waals surface area contributed by atoms with Crippen LogP contribution in [0, 0.1) is 11.3 Å². The van der Waals surface area contributed by atoms with Crippen molar-refractivity contribution in [1.82, 2.24) is 0 Å². The first-order valence-electron chi connectivity index (χ1n) is 7.22. The van der Waals surface area contributed by atoms with E-state index in [9.17, 15) is 5.26 Å². The SMILES string of the molecule is COc1cc(OC)cc(/C(=C/C#N)c2ccc(OC)cc2OC)c1. The van der Waals surface area contributed by atoms with Crippen LogP contribution in [0.25, 0.3) is 5.57 Å². The number of ether oxygens (including phenoxy) is 4. The lowest BCUT2D eigenvalue weighted by atomic mass is 9.96. The Morgan fingerprint density at radius 3 is 1.96 bits per heavy atom. The van der Waals surface area contributed by atoms with Gasteiger partial charge in [-0.1, -0.05) is 0 Å². The van der Waals surface area contributed by atoms with Crippen molar-refractivity contribution in [3.8, 4) is 29.1 Å². The Morgan fingerprint density at radius 2 is 1.46 bits per heavy atom. The Kier molecular flexibility index (Phi) is 5.69. The molecule has 0 spiro atoms. The maximum absolute atomic E-state index is 9.22. The summed E-state index contributed by atoms with van der Waals surface area (Å²) >= 11 is 0. The summed E-state index contributed by atoms with van der Waals surface area (Å²) in [6.45, 7) is 0. The van der Waals surface area contributed by atoms with E-state index in [0.717, 1.165) is 11.1 Å². The van der Waals surface area contributed by atoms with Crippen molar-refractivity contribution in [1.29, 1.82) is 5.26 Å². The minimum atomic E-state index is 0.609. The summed E-state index contributed by atoms with van der Waals surface area (Å²) in [5.74, 6) is 2.56. The van der Waals surface area contributed by atoms with Crippen molar-refractivity contribution >= 4 is 5.57 Å². The van der Waals surface area contributed by atoms with Crippen LogP contribution in [0.3, 0.4) is 0 Å². The van der Waals surface area contributed by atoms with E-state index in [4.69, 9.17) is 18.9 Å². The minimum absolute atomic E-state index is 0.609. The second kappa shape index (κ2) is 7.93. The number of nitrogens with zero attached hydrogens (tertiary/aromatic N) is 1. The van der Waals surface area contributed by atoms with E-state index in [1.54, 1.807) is 40.6 Å². The first kappa shape index (κ1) is 17.2. The lowest BCUT2D eigenvalue weighted by Crippen LogP contribution is -1.96. The van der Waals surface area contributed by atoms with E-state index in [0.29, 0.717) is 28.6 Å². The van der Waals surface area contributed by atoms with Crippen molar-refractivity contribution < 1.29 is 18.9 Å². The fourth-order valence-corrected chi connectivity index (χ4v) is 2.37. The van der Waals surface area contributed by atoms with E-state index >= 15 is 0 Å². The molecule has 0 N–H and O–H groups in total. The molecule has 0 fully saturated rings. The molecule has 5 nitrogen and oxygen atoms in total. The molecule has 0 amide bonds. The van der Waals surface area contributed by atoms with Crippen LogP contribution in [-0.2, 0) is 0 Å². The zero-order valence-corrected chi connectivity index (χ0v) is 14.1. The highest BCUT2D eigenvalue weighted by Crippen LogP contribution is 2.36. The van der Waals surface area contributed by atoms with Gasteiger partial charge >= 0.3 is 0 Å². The molecule has 0 atom stereocenters. The maximum Gasteiger partial charge on any atom is 0.130 e. The van der Waals surface area contributed by atoms with E-state index in [1.807, 2.05) is 24.3 Å². The largest absolute Gasteiger partial charge is 0.497 e. The third-order valence-corrected chi connectivity index (χ3v) is 3.57. The molecule has 0 unspecified atom stereocenters. The average Bonchev–Trinajstić information content (AvgIpc) is 2.65. The number of hydrogen-bond acceptors (Lipinski definition) is 5. The van der Waals surface area contributed by atoms with Gasteiger partial charge in [0.05, 0.1) is 34.5 Å². The number of hydrogen-bond donors (Lipinski definition) is 0. The molecule has 0 heterocycles. The summed E-state index contributed by atoms with van der Waals surface area (Å²) in [5, 5.41) is 9.22. The molecule has 0 aliphatic carbocycles.